The molecule has 11 amide bonds. The topological polar surface area (TPSA) is 259 Å². The molecule has 7 atom stereocenters. The summed E-state index contributed by atoms with van der Waals surface area (Å²) >= 11 is 6.11. The first-order valence-electron chi connectivity index (χ1n) is 32.7. The molecule has 2 aliphatic heterocycles. The van der Waals surface area contributed by atoms with Crippen LogP contribution in [-0.2, 0) is 65.3 Å². The summed E-state index contributed by atoms with van der Waals surface area (Å²) in [5, 5.41) is 11.1. The zero-order valence-electron chi connectivity index (χ0n) is 55.2. The molecule has 2 heterocycles. The van der Waals surface area contributed by atoms with Crippen molar-refractivity contribution < 1.29 is 65.9 Å². The van der Waals surface area contributed by atoms with Crippen LogP contribution in [0.1, 0.15) is 168 Å². The summed E-state index contributed by atoms with van der Waals surface area (Å²) in [4.78, 5) is 169. The largest absolute Gasteiger partial charge is 0.417 e. The van der Waals surface area contributed by atoms with Crippen molar-refractivity contribution in [2.45, 2.75) is 217 Å². The Hall–Kier alpha value is -6.53. The van der Waals surface area contributed by atoms with Gasteiger partial charge in [0.15, 0.2) is 0 Å². The number of halogens is 4. The molecule has 0 unspecified atom stereocenters. The smallest absolute Gasteiger partial charge is 0.351 e. The number of hydrogen-bond donors (Lipinski definition) is 4. The number of nitrogens with one attached hydrogen (secondary N) is 4. The summed E-state index contributed by atoms with van der Waals surface area (Å²) in [5.74, 6) is -7.45. The highest BCUT2D eigenvalue weighted by atomic mass is 35.5. The molecule has 0 radical (unpaired) electrons. The second-order valence-electron chi connectivity index (χ2n) is 27.2. The molecule has 0 bridgehead atoms. The Labute approximate surface area is 539 Å². The highest BCUT2D eigenvalue weighted by Gasteiger charge is 2.50. The standard InChI is InChI=1S/C65H99ClF3N11O11/c1-39(2)32-49-57(85)72-55(44-22-15-16-23-44)62(90)76(8)37-53(83)74(6)38-54(84)78(10)50(35-42-20-13-12-14-21-42)61(89)75(7)36-51(81)71-47(28-26-43-25-27-45(46(66)34-43)65(67,68)69)60(88)80-31-19-24-48(80)58(86)73-64(29-17-18-30-64)63(91)79(11)56(40(3)4)59(87)70-41(5)33-52(82)77(49)9/h25,27,34,39-42,44,47-50,55-56H,12-24,26,28-33,35-38H2,1-11H3,(H,70,87)(H,71,81)(H,72,85)(H,73,86)/t41-,47+,48+,49+,50+,55+,56+/m1/s1. The van der Waals surface area contributed by atoms with E-state index in [1.165, 1.54) is 72.9 Å². The Morgan fingerprint density at radius 3 is 1.84 bits per heavy atom. The van der Waals surface area contributed by atoms with Gasteiger partial charge in [-0.3, -0.25) is 52.7 Å². The first-order valence-corrected chi connectivity index (χ1v) is 33.0. The van der Waals surface area contributed by atoms with Gasteiger partial charge >= 0.3 is 6.18 Å². The predicted molar refractivity (Wildman–Crippen MR) is 335 cm³/mol. The molecule has 2 saturated heterocycles. The van der Waals surface area contributed by atoms with Gasteiger partial charge in [-0.1, -0.05) is 103 Å². The Balaban J connectivity index is 1.35. The minimum absolute atomic E-state index is 0.0379. The van der Waals surface area contributed by atoms with Crippen molar-refractivity contribution >= 4 is 76.6 Å². The van der Waals surface area contributed by atoms with Crippen molar-refractivity contribution in [1.82, 2.24) is 55.6 Å². The van der Waals surface area contributed by atoms with Crippen LogP contribution in [0.15, 0.2) is 18.2 Å². The van der Waals surface area contributed by atoms with Crippen molar-refractivity contribution in [3.05, 3.63) is 34.3 Å². The Kier molecular flexibility index (Phi) is 26.1. The molecule has 1 spiro atoms. The number of benzene rings is 1. The number of aryl methyl sites for hydroxylation is 1. The van der Waals surface area contributed by atoms with Gasteiger partial charge in [0.05, 0.1) is 30.2 Å². The van der Waals surface area contributed by atoms with E-state index in [0.717, 1.165) is 66.9 Å². The molecule has 22 nitrogen and oxygen atoms in total. The van der Waals surface area contributed by atoms with E-state index in [9.17, 15) is 56.3 Å². The highest BCUT2D eigenvalue weighted by molar-refractivity contribution is 6.31. The van der Waals surface area contributed by atoms with Crippen LogP contribution in [0.4, 0.5) is 13.2 Å². The summed E-state index contributed by atoms with van der Waals surface area (Å²) in [6.07, 6.45) is 4.56. The monoisotopic (exact) mass is 1300 g/mol. The van der Waals surface area contributed by atoms with Gasteiger partial charge in [-0.15, -0.1) is 0 Å². The van der Waals surface area contributed by atoms with Gasteiger partial charge in [0.2, 0.25) is 65.0 Å². The zero-order valence-corrected chi connectivity index (χ0v) is 55.9. The summed E-state index contributed by atoms with van der Waals surface area (Å²) < 4.78 is 41.3. The molecule has 508 valence electrons. The van der Waals surface area contributed by atoms with Crippen molar-refractivity contribution in [1.29, 1.82) is 0 Å². The van der Waals surface area contributed by atoms with Crippen LogP contribution in [0.5, 0.6) is 0 Å². The number of carbonyl (C=O) groups is 11. The molecule has 4 N–H and O–H groups in total. The van der Waals surface area contributed by atoms with E-state index >= 15 is 9.59 Å². The summed E-state index contributed by atoms with van der Waals surface area (Å²) in [5.41, 5.74) is -2.24. The van der Waals surface area contributed by atoms with E-state index in [0.29, 0.717) is 37.7 Å². The second-order valence-corrected chi connectivity index (χ2v) is 27.6. The van der Waals surface area contributed by atoms with Crippen LogP contribution >= 0.6 is 11.6 Å². The quantitative estimate of drug-likeness (QED) is 0.246. The average molecular weight is 1300 g/mol. The van der Waals surface area contributed by atoms with E-state index in [-0.39, 0.29) is 75.7 Å². The molecule has 1 aromatic rings. The van der Waals surface area contributed by atoms with Crippen LogP contribution < -0.4 is 21.3 Å². The average Bonchev–Trinajstić information content (AvgIpc) is 1.93. The summed E-state index contributed by atoms with van der Waals surface area (Å²) in [6, 6.07) is -4.46. The lowest BCUT2D eigenvalue weighted by atomic mass is 9.84. The van der Waals surface area contributed by atoms with Crippen molar-refractivity contribution in [3.8, 4) is 0 Å². The zero-order chi connectivity index (χ0) is 67.4. The molecule has 26 heteroatoms. The molecule has 5 fully saturated rings. The molecule has 3 saturated carbocycles. The number of rotatable bonds is 9. The number of likely N-dealkylation sites (N-methyl/N-ethyl adjacent to an activating group) is 6. The lowest BCUT2D eigenvalue weighted by Crippen LogP contribution is -2.64. The van der Waals surface area contributed by atoms with Crippen LogP contribution in [-0.4, -0.2) is 216 Å². The molecule has 1 aromatic carbocycles. The number of hydrogen-bond acceptors (Lipinski definition) is 11. The fourth-order valence-electron chi connectivity index (χ4n) is 14.0. The fraction of sp³-hybridized carbons (Fsp3) is 0.738. The van der Waals surface area contributed by atoms with E-state index < -0.39 is 155 Å². The Bertz CT molecular complexity index is 2810. The van der Waals surface area contributed by atoms with E-state index in [1.807, 2.05) is 13.8 Å². The third-order valence-electron chi connectivity index (χ3n) is 19.3. The van der Waals surface area contributed by atoms with Gasteiger partial charge in [0, 0.05) is 61.3 Å². The SMILES string of the molecule is CC(C)C[C@H]1C(=O)N[C@@H](C2CCCC2)C(=O)N(C)CC(=O)N(C)CC(=O)N(C)[C@@H](CC2CCCCC2)C(=O)N(C)CC(=O)N[C@@H](CCc2ccc(C(F)(F)F)c(Cl)c2)C(=O)N2CCC[C@H]2C(=O)NC2(CCCC2)C(=O)N(C)[C@@H](C(C)C)C(=O)N[C@H](C)CC(=O)N1C. The fourth-order valence-corrected chi connectivity index (χ4v) is 14.3. The van der Waals surface area contributed by atoms with Crippen LogP contribution in [0, 0.1) is 23.7 Å². The van der Waals surface area contributed by atoms with Gasteiger partial charge in [0.25, 0.3) is 0 Å². The molecule has 3 aliphatic carbocycles. The predicted octanol–water partition coefficient (Wildman–Crippen LogP) is 5.31. The van der Waals surface area contributed by atoms with Gasteiger partial charge in [0.1, 0.15) is 41.8 Å². The van der Waals surface area contributed by atoms with Crippen LogP contribution in [0.3, 0.4) is 0 Å². The summed E-state index contributed by atoms with van der Waals surface area (Å²) in [6.45, 7) is 7.44. The number of alkyl halides is 3. The van der Waals surface area contributed by atoms with Crippen LogP contribution in [0.2, 0.25) is 5.02 Å². The van der Waals surface area contributed by atoms with Crippen molar-refractivity contribution in [2.24, 2.45) is 23.7 Å². The maximum atomic E-state index is 15.0. The second kappa shape index (κ2) is 32.4. The third-order valence-corrected chi connectivity index (χ3v) is 19.6. The minimum atomic E-state index is -4.74. The third kappa shape index (κ3) is 19.1. The highest BCUT2D eigenvalue weighted by Crippen LogP contribution is 2.37. The molecule has 91 heavy (non-hydrogen) atoms. The lowest BCUT2D eigenvalue weighted by molar-refractivity contribution is -0.149. The van der Waals surface area contributed by atoms with E-state index in [2.05, 4.69) is 21.3 Å². The molecule has 0 aromatic heterocycles. The Morgan fingerprint density at radius 1 is 0.626 bits per heavy atom. The summed E-state index contributed by atoms with van der Waals surface area (Å²) in [7, 11) is 8.64. The van der Waals surface area contributed by atoms with Crippen molar-refractivity contribution in [2.75, 3.05) is 68.5 Å². The van der Waals surface area contributed by atoms with Gasteiger partial charge in [-0.05, 0) is 112 Å². The Morgan fingerprint density at radius 2 is 1.23 bits per heavy atom. The first-order chi connectivity index (χ1) is 42.7. The lowest BCUT2D eigenvalue weighted by Gasteiger charge is -2.39. The van der Waals surface area contributed by atoms with Crippen LogP contribution in [0.25, 0.3) is 0 Å². The molecule has 6 rings (SSSR count). The first kappa shape index (κ1) is 73.5. The van der Waals surface area contributed by atoms with Gasteiger partial charge in [-0.2, -0.15) is 13.2 Å². The number of nitrogens with zero attached hydrogens (tertiary/aromatic N) is 7. The molecular weight excluding hydrogens is 1200 g/mol. The molecular formula is C65H99ClF3N11O11. The minimum Gasteiger partial charge on any atom is -0.351 e. The van der Waals surface area contributed by atoms with Crippen molar-refractivity contribution in [3.63, 3.8) is 0 Å². The van der Waals surface area contributed by atoms with E-state index in [1.54, 1.807) is 20.8 Å². The van der Waals surface area contributed by atoms with E-state index in [4.69, 9.17) is 11.6 Å². The maximum absolute atomic E-state index is 15.0. The molecule has 5 aliphatic rings. The number of fused-ring (bicyclic) bond motifs is 1. The number of amides is 11. The normalized spacial score (nSPS) is 26.9. The van der Waals surface area contributed by atoms with Gasteiger partial charge in [-0.25, -0.2) is 0 Å². The maximum Gasteiger partial charge on any atom is 0.417 e. The number of carbonyl (C=O) groups excluding carboxylic acids is 11. The van der Waals surface area contributed by atoms with Gasteiger partial charge < -0.3 is 55.6 Å².